The highest BCUT2D eigenvalue weighted by atomic mass is 16.3. The Labute approximate surface area is 56.6 Å². The highest BCUT2D eigenvalue weighted by molar-refractivity contribution is 4.76. The lowest BCUT2D eigenvalue weighted by Gasteiger charge is -2.04. The van der Waals surface area contributed by atoms with Crippen LogP contribution in [0.5, 0.6) is 0 Å². The molecule has 0 amide bonds. The van der Waals surface area contributed by atoms with Crippen LogP contribution in [-0.4, -0.2) is 24.8 Å². The molecule has 2 heteroatoms. The fourth-order valence-electron chi connectivity index (χ4n) is 0.492. The molecule has 9 heavy (non-hydrogen) atoms. The van der Waals surface area contributed by atoms with Crippen LogP contribution in [0, 0.1) is 5.92 Å². The molecule has 0 aromatic carbocycles. The Morgan fingerprint density at radius 1 is 1.78 bits per heavy atom. The van der Waals surface area contributed by atoms with Crippen LogP contribution in [-0.2, 0) is 0 Å². The van der Waals surface area contributed by atoms with E-state index in [1.165, 1.54) is 0 Å². The van der Waals surface area contributed by atoms with Crippen LogP contribution < -0.4 is 5.32 Å². The summed E-state index contributed by atoms with van der Waals surface area (Å²) in [6.07, 6.45) is 1.89. The minimum atomic E-state index is 0.212. The third-order valence-electron chi connectivity index (χ3n) is 1.16. The number of rotatable bonds is 5. The van der Waals surface area contributed by atoms with Gasteiger partial charge in [0.15, 0.2) is 0 Å². The SMILES string of the molecule is C=C[C@H](C)CNCCO. The van der Waals surface area contributed by atoms with E-state index in [4.69, 9.17) is 5.11 Å². The molecule has 0 bridgehead atoms. The maximum absolute atomic E-state index is 8.36. The van der Waals surface area contributed by atoms with E-state index in [2.05, 4.69) is 18.8 Å². The predicted molar refractivity (Wildman–Crippen MR) is 39.3 cm³/mol. The van der Waals surface area contributed by atoms with E-state index in [-0.39, 0.29) is 6.61 Å². The van der Waals surface area contributed by atoms with Gasteiger partial charge >= 0.3 is 0 Å². The van der Waals surface area contributed by atoms with Gasteiger partial charge in [-0.2, -0.15) is 0 Å². The van der Waals surface area contributed by atoms with E-state index in [1.807, 2.05) is 6.08 Å². The molecule has 2 N–H and O–H groups in total. The molecule has 0 aromatic heterocycles. The molecule has 0 fully saturated rings. The van der Waals surface area contributed by atoms with E-state index in [1.54, 1.807) is 0 Å². The van der Waals surface area contributed by atoms with Crippen molar-refractivity contribution in [3.63, 3.8) is 0 Å². The minimum absolute atomic E-state index is 0.212. The molecule has 1 atom stereocenters. The largest absolute Gasteiger partial charge is 0.395 e. The molecular formula is C7H15NO. The van der Waals surface area contributed by atoms with Crippen molar-refractivity contribution in [1.82, 2.24) is 5.32 Å². The monoisotopic (exact) mass is 129 g/mol. The third-order valence-corrected chi connectivity index (χ3v) is 1.16. The Bertz CT molecular complexity index is 73.3. The molecule has 0 rings (SSSR count). The molecule has 0 heterocycles. The van der Waals surface area contributed by atoms with E-state index >= 15 is 0 Å². The van der Waals surface area contributed by atoms with Gasteiger partial charge < -0.3 is 10.4 Å². The lowest BCUT2D eigenvalue weighted by molar-refractivity contribution is 0.290. The van der Waals surface area contributed by atoms with Crippen molar-refractivity contribution in [3.05, 3.63) is 12.7 Å². The molecule has 0 saturated heterocycles. The number of hydrogen-bond donors (Lipinski definition) is 2. The zero-order chi connectivity index (χ0) is 7.11. The highest BCUT2D eigenvalue weighted by Crippen LogP contribution is 1.90. The standard InChI is InChI=1S/C7H15NO/c1-3-7(2)6-8-4-5-9/h3,7-9H,1,4-6H2,2H3/t7-/m0/s1. The van der Waals surface area contributed by atoms with Gasteiger partial charge in [-0.25, -0.2) is 0 Å². The van der Waals surface area contributed by atoms with Crippen molar-refractivity contribution in [2.24, 2.45) is 5.92 Å². The molecule has 0 saturated carbocycles. The van der Waals surface area contributed by atoms with Crippen LogP contribution >= 0.6 is 0 Å². The van der Waals surface area contributed by atoms with Crippen LogP contribution in [0.1, 0.15) is 6.92 Å². The molecule has 0 aliphatic heterocycles. The molecule has 0 aliphatic carbocycles. The number of hydrogen-bond acceptors (Lipinski definition) is 2. The zero-order valence-electron chi connectivity index (χ0n) is 5.93. The topological polar surface area (TPSA) is 32.3 Å². The lowest BCUT2D eigenvalue weighted by atomic mass is 10.2. The summed E-state index contributed by atoms with van der Waals surface area (Å²) >= 11 is 0. The van der Waals surface area contributed by atoms with E-state index < -0.39 is 0 Å². The number of aliphatic hydroxyl groups excluding tert-OH is 1. The summed E-state index contributed by atoms with van der Waals surface area (Å²) in [6, 6.07) is 0. The van der Waals surface area contributed by atoms with Gasteiger partial charge in [0.2, 0.25) is 0 Å². The second-order valence-corrected chi connectivity index (χ2v) is 2.14. The minimum Gasteiger partial charge on any atom is -0.395 e. The van der Waals surface area contributed by atoms with Crippen molar-refractivity contribution in [3.8, 4) is 0 Å². The van der Waals surface area contributed by atoms with Gasteiger partial charge in [0.25, 0.3) is 0 Å². The van der Waals surface area contributed by atoms with Crippen LogP contribution in [0.4, 0.5) is 0 Å². The zero-order valence-corrected chi connectivity index (χ0v) is 5.93. The Kier molecular flexibility index (Phi) is 5.57. The second-order valence-electron chi connectivity index (χ2n) is 2.14. The van der Waals surface area contributed by atoms with Crippen LogP contribution in [0.2, 0.25) is 0 Å². The van der Waals surface area contributed by atoms with Crippen molar-refractivity contribution < 1.29 is 5.11 Å². The molecule has 0 spiro atoms. The predicted octanol–water partition coefficient (Wildman–Crippen LogP) is 0.390. The molecule has 0 aromatic rings. The number of nitrogens with one attached hydrogen (secondary N) is 1. The molecule has 0 unspecified atom stereocenters. The first-order valence-electron chi connectivity index (χ1n) is 3.25. The lowest BCUT2D eigenvalue weighted by Crippen LogP contribution is -2.23. The van der Waals surface area contributed by atoms with Gasteiger partial charge in [0.1, 0.15) is 0 Å². The maximum Gasteiger partial charge on any atom is 0.0555 e. The van der Waals surface area contributed by atoms with Gasteiger partial charge in [0, 0.05) is 13.1 Å². The molecule has 2 nitrogen and oxygen atoms in total. The third kappa shape index (κ3) is 5.53. The fraction of sp³-hybridized carbons (Fsp3) is 0.714. The summed E-state index contributed by atoms with van der Waals surface area (Å²) in [6.45, 7) is 7.52. The summed E-state index contributed by atoms with van der Waals surface area (Å²) < 4.78 is 0. The first kappa shape index (κ1) is 8.66. The summed E-state index contributed by atoms with van der Waals surface area (Å²) in [5.41, 5.74) is 0. The molecular weight excluding hydrogens is 114 g/mol. The van der Waals surface area contributed by atoms with Crippen molar-refractivity contribution in [1.29, 1.82) is 0 Å². The Balaban J connectivity index is 2.96. The highest BCUT2D eigenvalue weighted by Gasteiger charge is 1.91. The average molecular weight is 129 g/mol. The van der Waals surface area contributed by atoms with Gasteiger partial charge in [-0.1, -0.05) is 13.0 Å². The Morgan fingerprint density at radius 2 is 2.44 bits per heavy atom. The van der Waals surface area contributed by atoms with Gasteiger partial charge in [-0.15, -0.1) is 6.58 Å². The number of aliphatic hydroxyl groups is 1. The normalized spacial score (nSPS) is 13.1. The Hall–Kier alpha value is -0.340. The maximum atomic E-state index is 8.36. The van der Waals surface area contributed by atoms with Crippen LogP contribution in [0.25, 0.3) is 0 Å². The van der Waals surface area contributed by atoms with E-state index in [0.29, 0.717) is 12.5 Å². The van der Waals surface area contributed by atoms with Crippen molar-refractivity contribution in [2.75, 3.05) is 19.7 Å². The van der Waals surface area contributed by atoms with E-state index in [0.717, 1.165) is 6.54 Å². The molecule has 0 radical (unpaired) electrons. The van der Waals surface area contributed by atoms with Gasteiger partial charge in [0.05, 0.1) is 6.61 Å². The van der Waals surface area contributed by atoms with Crippen molar-refractivity contribution >= 4 is 0 Å². The molecule has 0 aliphatic rings. The van der Waals surface area contributed by atoms with Crippen molar-refractivity contribution in [2.45, 2.75) is 6.92 Å². The van der Waals surface area contributed by atoms with Crippen LogP contribution in [0.3, 0.4) is 0 Å². The smallest absolute Gasteiger partial charge is 0.0555 e. The quantitative estimate of drug-likeness (QED) is 0.416. The van der Waals surface area contributed by atoms with E-state index in [9.17, 15) is 0 Å². The first-order chi connectivity index (χ1) is 4.31. The van der Waals surface area contributed by atoms with Gasteiger partial charge in [-0.05, 0) is 5.92 Å². The van der Waals surface area contributed by atoms with Gasteiger partial charge in [-0.3, -0.25) is 0 Å². The Morgan fingerprint density at radius 3 is 2.89 bits per heavy atom. The van der Waals surface area contributed by atoms with Crippen LogP contribution in [0.15, 0.2) is 12.7 Å². The average Bonchev–Trinajstić information content (AvgIpc) is 1.89. The summed E-state index contributed by atoms with van der Waals surface area (Å²) in [7, 11) is 0. The summed E-state index contributed by atoms with van der Waals surface area (Å²) in [5.74, 6) is 0.497. The summed E-state index contributed by atoms with van der Waals surface area (Å²) in [5, 5.41) is 11.4. The first-order valence-corrected chi connectivity index (χ1v) is 3.25. The summed E-state index contributed by atoms with van der Waals surface area (Å²) in [4.78, 5) is 0. The fourth-order valence-corrected chi connectivity index (χ4v) is 0.492. The molecule has 54 valence electrons. The second kappa shape index (κ2) is 5.79.